The van der Waals surface area contributed by atoms with Crippen LogP contribution in [0.5, 0.6) is 0 Å². The third kappa shape index (κ3) is 2.33. The van der Waals surface area contributed by atoms with E-state index < -0.39 is 11.4 Å². The van der Waals surface area contributed by atoms with Gasteiger partial charge in [-0.1, -0.05) is 18.2 Å². The number of methoxy groups -OCH3 is 1. The second-order valence-corrected chi connectivity index (χ2v) is 5.70. The lowest BCUT2D eigenvalue weighted by molar-refractivity contribution is -0.148. The monoisotopic (exact) mass is 289 g/mol. The molecule has 0 saturated carbocycles. The number of rotatable bonds is 3. The van der Waals surface area contributed by atoms with Gasteiger partial charge in [0.15, 0.2) is 0 Å². The topological polar surface area (TPSA) is 63.7 Å². The fourth-order valence-electron chi connectivity index (χ4n) is 2.75. The Kier molecular flexibility index (Phi) is 3.85. The lowest BCUT2D eigenvalue weighted by Gasteiger charge is -2.40. The number of amides is 2. The van der Waals surface area contributed by atoms with E-state index in [1.165, 1.54) is 12.0 Å². The Morgan fingerprint density at radius 3 is 2.48 bits per heavy atom. The molecular weight excluding hydrogens is 270 g/mol. The Morgan fingerprint density at radius 2 is 1.90 bits per heavy atom. The SMILES string of the molecule is COC(=O)CC1(C)C(=O)N(C(C)C)C(=O)c2ccccc21. The largest absolute Gasteiger partial charge is 0.469 e. The molecule has 0 bridgehead atoms. The fraction of sp³-hybridized carbons (Fsp3) is 0.438. The summed E-state index contributed by atoms with van der Waals surface area (Å²) in [7, 11) is 1.29. The number of imide groups is 1. The fourth-order valence-corrected chi connectivity index (χ4v) is 2.75. The first-order chi connectivity index (χ1) is 9.82. The molecule has 2 amide bonds. The van der Waals surface area contributed by atoms with Crippen LogP contribution in [0.2, 0.25) is 0 Å². The van der Waals surface area contributed by atoms with Gasteiger partial charge in [0, 0.05) is 11.6 Å². The van der Waals surface area contributed by atoms with Gasteiger partial charge in [0.05, 0.1) is 18.9 Å². The maximum atomic E-state index is 12.8. The number of ether oxygens (including phenoxy) is 1. The summed E-state index contributed by atoms with van der Waals surface area (Å²) in [6.45, 7) is 5.25. The van der Waals surface area contributed by atoms with Crippen LogP contribution in [0.4, 0.5) is 0 Å². The minimum atomic E-state index is -1.08. The van der Waals surface area contributed by atoms with Crippen molar-refractivity contribution in [1.82, 2.24) is 4.90 Å². The van der Waals surface area contributed by atoms with E-state index in [-0.39, 0.29) is 24.3 Å². The molecule has 1 unspecified atom stereocenters. The van der Waals surface area contributed by atoms with Crippen LogP contribution in [0.3, 0.4) is 0 Å². The molecule has 5 heteroatoms. The normalized spacial score (nSPS) is 21.5. The van der Waals surface area contributed by atoms with Crippen molar-refractivity contribution >= 4 is 17.8 Å². The van der Waals surface area contributed by atoms with Gasteiger partial charge in [0.2, 0.25) is 5.91 Å². The van der Waals surface area contributed by atoms with Crippen molar-refractivity contribution in [2.45, 2.75) is 38.6 Å². The second kappa shape index (κ2) is 5.31. The standard InChI is InChI=1S/C16H19NO4/c1-10(2)17-14(19)11-7-5-6-8-12(11)16(3,15(17)20)9-13(18)21-4/h5-8,10H,9H2,1-4H3. The zero-order valence-electron chi connectivity index (χ0n) is 12.7. The maximum Gasteiger partial charge on any atom is 0.306 e. The molecule has 1 aliphatic heterocycles. The molecular formula is C16H19NO4. The van der Waals surface area contributed by atoms with E-state index in [4.69, 9.17) is 4.74 Å². The van der Waals surface area contributed by atoms with Crippen molar-refractivity contribution in [2.75, 3.05) is 7.11 Å². The third-order valence-electron chi connectivity index (χ3n) is 3.90. The summed E-state index contributed by atoms with van der Waals surface area (Å²) in [4.78, 5) is 38.3. The highest BCUT2D eigenvalue weighted by Crippen LogP contribution is 2.38. The smallest absolute Gasteiger partial charge is 0.306 e. The van der Waals surface area contributed by atoms with E-state index in [2.05, 4.69) is 0 Å². The van der Waals surface area contributed by atoms with Gasteiger partial charge in [-0.3, -0.25) is 19.3 Å². The van der Waals surface area contributed by atoms with Gasteiger partial charge in [0.1, 0.15) is 0 Å². The van der Waals surface area contributed by atoms with Crippen LogP contribution in [-0.4, -0.2) is 35.8 Å². The Labute approximate surface area is 123 Å². The highest BCUT2D eigenvalue weighted by atomic mass is 16.5. The lowest BCUT2D eigenvalue weighted by Crippen LogP contribution is -2.56. The predicted octanol–water partition coefficient (Wildman–Crippen LogP) is 1.90. The molecule has 1 aromatic carbocycles. The van der Waals surface area contributed by atoms with Gasteiger partial charge in [-0.15, -0.1) is 0 Å². The number of benzene rings is 1. The summed E-state index contributed by atoms with van der Waals surface area (Å²) in [5, 5.41) is 0. The zero-order chi connectivity index (χ0) is 15.8. The molecule has 1 heterocycles. The number of carbonyl (C=O) groups excluding carboxylic acids is 3. The van der Waals surface area contributed by atoms with Crippen molar-refractivity contribution in [2.24, 2.45) is 0 Å². The highest BCUT2D eigenvalue weighted by Gasteiger charge is 2.49. The van der Waals surface area contributed by atoms with E-state index in [1.54, 1.807) is 45.0 Å². The molecule has 0 fully saturated rings. The van der Waals surface area contributed by atoms with Gasteiger partial charge in [-0.2, -0.15) is 0 Å². The van der Waals surface area contributed by atoms with Crippen LogP contribution in [0.15, 0.2) is 24.3 Å². The average molecular weight is 289 g/mol. The summed E-state index contributed by atoms with van der Waals surface area (Å²) >= 11 is 0. The molecule has 0 N–H and O–H groups in total. The predicted molar refractivity (Wildman–Crippen MR) is 76.7 cm³/mol. The summed E-state index contributed by atoms with van der Waals surface area (Å²) in [5.41, 5.74) is -0.0264. The van der Waals surface area contributed by atoms with Crippen molar-refractivity contribution in [1.29, 1.82) is 0 Å². The molecule has 21 heavy (non-hydrogen) atoms. The van der Waals surface area contributed by atoms with Gasteiger partial charge < -0.3 is 4.74 Å². The first kappa shape index (κ1) is 15.2. The number of hydrogen-bond acceptors (Lipinski definition) is 4. The summed E-state index contributed by atoms with van der Waals surface area (Å²) in [6, 6.07) is 6.67. The van der Waals surface area contributed by atoms with Gasteiger partial charge >= 0.3 is 5.97 Å². The van der Waals surface area contributed by atoms with E-state index >= 15 is 0 Å². The van der Waals surface area contributed by atoms with E-state index in [0.717, 1.165) is 0 Å². The van der Waals surface area contributed by atoms with Crippen LogP contribution < -0.4 is 0 Å². The van der Waals surface area contributed by atoms with E-state index in [0.29, 0.717) is 11.1 Å². The van der Waals surface area contributed by atoms with Gasteiger partial charge in [-0.25, -0.2) is 0 Å². The molecule has 2 rings (SSSR count). The molecule has 1 aliphatic rings. The average Bonchev–Trinajstić information content (AvgIpc) is 2.45. The molecule has 0 spiro atoms. The zero-order valence-corrected chi connectivity index (χ0v) is 12.7. The molecule has 1 aromatic rings. The minimum Gasteiger partial charge on any atom is -0.469 e. The molecule has 0 aromatic heterocycles. The van der Waals surface area contributed by atoms with Crippen molar-refractivity contribution in [3.05, 3.63) is 35.4 Å². The first-order valence-corrected chi connectivity index (χ1v) is 6.87. The second-order valence-electron chi connectivity index (χ2n) is 5.70. The molecule has 5 nitrogen and oxygen atoms in total. The van der Waals surface area contributed by atoms with Crippen molar-refractivity contribution in [3.63, 3.8) is 0 Å². The van der Waals surface area contributed by atoms with Crippen LogP contribution in [-0.2, 0) is 19.7 Å². The van der Waals surface area contributed by atoms with E-state index in [9.17, 15) is 14.4 Å². The number of esters is 1. The Morgan fingerprint density at radius 1 is 1.29 bits per heavy atom. The van der Waals surface area contributed by atoms with Crippen LogP contribution in [0.1, 0.15) is 43.1 Å². The van der Waals surface area contributed by atoms with Crippen LogP contribution in [0.25, 0.3) is 0 Å². The van der Waals surface area contributed by atoms with Gasteiger partial charge in [-0.05, 0) is 32.4 Å². The molecule has 1 atom stereocenters. The van der Waals surface area contributed by atoms with Gasteiger partial charge in [0.25, 0.3) is 5.91 Å². The van der Waals surface area contributed by atoms with Crippen LogP contribution >= 0.6 is 0 Å². The molecule has 0 aliphatic carbocycles. The molecule has 0 radical (unpaired) electrons. The van der Waals surface area contributed by atoms with Crippen LogP contribution in [0, 0.1) is 0 Å². The van der Waals surface area contributed by atoms with Crippen molar-refractivity contribution < 1.29 is 19.1 Å². The highest BCUT2D eigenvalue weighted by molar-refractivity contribution is 6.14. The molecule has 112 valence electrons. The number of carbonyl (C=O) groups is 3. The number of nitrogens with zero attached hydrogens (tertiary/aromatic N) is 1. The maximum absolute atomic E-state index is 12.8. The quantitative estimate of drug-likeness (QED) is 0.630. The summed E-state index contributed by atoms with van der Waals surface area (Å²) in [5.74, 6) is -1.14. The van der Waals surface area contributed by atoms with Crippen molar-refractivity contribution in [3.8, 4) is 0 Å². The lowest BCUT2D eigenvalue weighted by atomic mass is 9.73. The third-order valence-corrected chi connectivity index (χ3v) is 3.90. The Balaban J connectivity index is 2.62. The molecule has 0 saturated heterocycles. The minimum absolute atomic E-state index is 0.0875. The van der Waals surface area contributed by atoms with E-state index in [1.807, 2.05) is 0 Å². The summed E-state index contributed by atoms with van der Waals surface area (Å²) in [6.07, 6.45) is -0.0875. The number of fused-ring (bicyclic) bond motifs is 1. The Hall–Kier alpha value is -2.17. The number of hydrogen-bond donors (Lipinski definition) is 0. The Bertz CT molecular complexity index is 608. The summed E-state index contributed by atoms with van der Waals surface area (Å²) < 4.78 is 4.71. The first-order valence-electron chi connectivity index (χ1n) is 6.87.